The second-order valence-electron chi connectivity index (χ2n) is 2.77. The molecule has 0 radical (unpaired) electrons. The fraction of sp³-hybridized carbons (Fsp3) is 0.300. The Bertz CT molecular complexity index is 412. The van der Waals surface area contributed by atoms with Gasteiger partial charge >= 0.3 is 0 Å². The van der Waals surface area contributed by atoms with Crippen molar-refractivity contribution in [1.82, 2.24) is 0 Å². The minimum atomic E-state index is -0.143. The summed E-state index contributed by atoms with van der Waals surface area (Å²) in [6, 6.07) is 3.46. The number of aromatic hydroxyl groups is 1. The van der Waals surface area contributed by atoms with Gasteiger partial charge in [-0.25, -0.2) is 0 Å². The predicted molar refractivity (Wildman–Crippen MR) is 55.5 cm³/mol. The fourth-order valence-corrected chi connectivity index (χ4v) is 1.50. The Morgan fingerprint density at radius 3 is 2.60 bits per heavy atom. The average Bonchev–Trinajstić information content (AvgIpc) is 2.24. The number of phenols is 1. The summed E-state index contributed by atoms with van der Waals surface area (Å²) >= 11 is 5.85. The molecule has 0 aliphatic heterocycles. The van der Waals surface area contributed by atoms with Gasteiger partial charge in [0.1, 0.15) is 10.8 Å². The number of benzene rings is 1. The molecule has 0 amide bonds. The van der Waals surface area contributed by atoms with E-state index in [1.807, 2.05) is 6.07 Å². The molecule has 0 spiro atoms. The van der Waals surface area contributed by atoms with Gasteiger partial charge in [-0.05, 0) is 6.07 Å². The van der Waals surface area contributed by atoms with Crippen molar-refractivity contribution >= 4 is 11.6 Å². The minimum absolute atomic E-state index is 0.0575. The summed E-state index contributed by atoms with van der Waals surface area (Å²) in [5.41, 5.74) is 0.417. The quantitative estimate of drug-likeness (QED) is 0.859. The Morgan fingerprint density at radius 1 is 1.47 bits per heavy atom. The highest BCUT2D eigenvalue weighted by molar-refractivity contribution is 6.33. The van der Waals surface area contributed by atoms with Crippen LogP contribution in [-0.2, 0) is 6.42 Å². The SMILES string of the molecule is COc1cc(CC#N)c(O)c(Cl)c1OC. The third kappa shape index (κ3) is 2.08. The van der Waals surface area contributed by atoms with Crippen LogP contribution >= 0.6 is 11.6 Å². The zero-order valence-electron chi connectivity index (χ0n) is 8.37. The number of nitriles is 1. The molecule has 15 heavy (non-hydrogen) atoms. The Hall–Kier alpha value is -1.60. The van der Waals surface area contributed by atoms with E-state index in [-0.39, 0.29) is 22.9 Å². The molecule has 0 atom stereocenters. The largest absolute Gasteiger partial charge is 0.506 e. The predicted octanol–water partition coefficient (Wildman–Crippen LogP) is 2.13. The van der Waals surface area contributed by atoms with Crippen LogP contribution in [0.4, 0.5) is 0 Å². The van der Waals surface area contributed by atoms with Gasteiger partial charge in [-0.2, -0.15) is 5.26 Å². The lowest BCUT2D eigenvalue weighted by Crippen LogP contribution is -1.94. The molecular formula is C10H10ClNO3. The van der Waals surface area contributed by atoms with Gasteiger partial charge < -0.3 is 14.6 Å². The van der Waals surface area contributed by atoms with Crippen molar-refractivity contribution in [1.29, 1.82) is 5.26 Å². The molecule has 0 bridgehead atoms. The standard InChI is InChI=1S/C10H10ClNO3/c1-14-7-5-6(3-4-12)9(13)8(11)10(7)15-2/h5,13H,3H2,1-2H3. The zero-order valence-corrected chi connectivity index (χ0v) is 9.13. The number of rotatable bonds is 3. The molecule has 0 unspecified atom stereocenters. The van der Waals surface area contributed by atoms with Crippen LogP contribution in [0.25, 0.3) is 0 Å². The van der Waals surface area contributed by atoms with E-state index in [0.29, 0.717) is 11.3 Å². The van der Waals surface area contributed by atoms with Crippen molar-refractivity contribution in [3.8, 4) is 23.3 Å². The molecule has 4 nitrogen and oxygen atoms in total. The van der Waals surface area contributed by atoms with Gasteiger partial charge in [-0.15, -0.1) is 0 Å². The van der Waals surface area contributed by atoms with Crippen molar-refractivity contribution in [3.63, 3.8) is 0 Å². The summed E-state index contributed by atoms with van der Waals surface area (Å²) in [5.74, 6) is 0.514. The van der Waals surface area contributed by atoms with E-state index in [1.54, 1.807) is 0 Å². The van der Waals surface area contributed by atoms with E-state index in [1.165, 1.54) is 20.3 Å². The monoisotopic (exact) mass is 227 g/mol. The molecule has 0 heterocycles. The number of nitrogens with zero attached hydrogens (tertiary/aromatic N) is 1. The van der Waals surface area contributed by atoms with Crippen molar-refractivity contribution in [2.24, 2.45) is 0 Å². The van der Waals surface area contributed by atoms with Gasteiger partial charge in [-0.3, -0.25) is 0 Å². The molecule has 5 heteroatoms. The third-order valence-electron chi connectivity index (χ3n) is 1.93. The number of hydrogen-bond donors (Lipinski definition) is 1. The fourth-order valence-electron chi connectivity index (χ4n) is 1.21. The smallest absolute Gasteiger partial charge is 0.183 e. The normalized spacial score (nSPS) is 9.47. The highest BCUT2D eigenvalue weighted by Crippen LogP contribution is 2.43. The number of methoxy groups -OCH3 is 2. The first kappa shape index (κ1) is 11.5. The van der Waals surface area contributed by atoms with Crippen LogP contribution in [0.1, 0.15) is 5.56 Å². The van der Waals surface area contributed by atoms with E-state index in [4.69, 9.17) is 26.3 Å². The second kappa shape index (κ2) is 4.76. The topological polar surface area (TPSA) is 62.5 Å². The molecule has 0 fully saturated rings. The summed E-state index contributed by atoms with van der Waals surface area (Å²) in [7, 11) is 2.88. The van der Waals surface area contributed by atoms with Crippen molar-refractivity contribution in [3.05, 3.63) is 16.7 Å². The Labute approximate surface area is 92.6 Å². The van der Waals surface area contributed by atoms with E-state index in [0.717, 1.165) is 0 Å². The first-order valence-corrected chi connectivity index (χ1v) is 4.52. The Kier molecular flexibility index (Phi) is 3.64. The molecule has 0 aliphatic carbocycles. The molecule has 80 valence electrons. The van der Waals surface area contributed by atoms with Crippen LogP contribution in [0.5, 0.6) is 17.2 Å². The van der Waals surface area contributed by atoms with E-state index >= 15 is 0 Å². The maximum Gasteiger partial charge on any atom is 0.183 e. The molecule has 0 saturated heterocycles. The van der Waals surface area contributed by atoms with Crippen LogP contribution < -0.4 is 9.47 Å². The van der Waals surface area contributed by atoms with E-state index in [9.17, 15) is 5.11 Å². The third-order valence-corrected chi connectivity index (χ3v) is 2.28. The van der Waals surface area contributed by atoms with Crippen LogP contribution in [0.3, 0.4) is 0 Å². The van der Waals surface area contributed by atoms with Crippen molar-refractivity contribution < 1.29 is 14.6 Å². The van der Waals surface area contributed by atoms with Gasteiger partial charge in [0, 0.05) is 5.56 Å². The van der Waals surface area contributed by atoms with Gasteiger partial charge in [0.05, 0.1) is 26.7 Å². The maximum atomic E-state index is 9.64. The summed E-state index contributed by atoms with van der Waals surface area (Å²) in [4.78, 5) is 0. The van der Waals surface area contributed by atoms with Crippen LogP contribution in [0.2, 0.25) is 5.02 Å². The van der Waals surface area contributed by atoms with Crippen molar-refractivity contribution in [2.75, 3.05) is 14.2 Å². The number of ether oxygens (including phenoxy) is 2. The minimum Gasteiger partial charge on any atom is -0.506 e. The number of halogens is 1. The molecular weight excluding hydrogens is 218 g/mol. The lowest BCUT2D eigenvalue weighted by atomic mass is 10.1. The maximum absolute atomic E-state index is 9.64. The molecule has 0 aliphatic rings. The highest BCUT2D eigenvalue weighted by atomic mass is 35.5. The summed E-state index contributed by atoms with van der Waals surface area (Å²) in [6.45, 7) is 0. The van der Waals surface area contributed by atoms with Crippen molar-refractivity contribution in [2.45, 2.75) is 6.42 Å². The van der Waals surface area contributed by atoms with Crippen LogP contribution in [0, 0.1) is 11.3 Å². The average molecular weight is 228 g/mol. The number of phenolic OH excluding ortho intramolecular Hbond substituents is 1. The lowest BCUT2D eigenvalue weighted by molar-refractivity contribution is 0.351. The summed E-state index contributed by atoms with van der Waals surface area (Å²) in [5, 5.41) is 18.2. The molecule has 0 saturated carbocycles. The Balaban J connectivity index is 3.37. The summed E-state index contributed by atoms with van der Waals surface area (Å²) < 4.78 is 10.0. The molecule has 1 rings (SSSR count). The molecule has 1 aromatic carbocycles. The van der Waals surface area contributed by atoms with E-state index < -0.39 is 0 Å². The zero-order chi connectivity index (χ0) is 11.4. The van der Waals surface area contributed by atoms with Gasteiger partial charge in [0.2, 0.25) is 0 Å². The molecule has 1 aromatic rings. The van der Waals surface area contributed by atoms with Gasteiger partial charge in [-0.1, -0.05) is 11.6 Å². The highest BCUT2D eigenvalue weighted by Gasteiger charge is 2.17. The van der Waals surface area contributed by atoms with Gasteiger partial charge in [0.25, 0.3) is 0 Å². The van der Waals surface area contributed by atoms with Crippen LogP contribution in [-0.4, -0.2) is 19.3 Å². The molecule has 1 N–H and O–H groups in total. The second-order valence-corrected chi connectivity index (χ2v) is 3.15. The summed E-state index contributed by atoms with van der Waals surface area (Å²) in [6.07, 6.45) is 0.0614. The van der Waals surface area contributed by atoms with Gasteiger partial charge in [0.15, 0.2) is 11.5 Å². The first-order chi connectivity index (χ1) is 7.15. The first-order valence-electron chi connectivity index (χ1n) is 4.15. The lowest BCUT2D eigenvalue weighted by Gasteiger charge is -2.12. The Morgan fingerprint density at radius 2 is 2.13 bits per heavy atom. The number of hydrogen-bond acceptors (Lipinski definition) is 4. The molecule has 0 aromatic heterocycles. The van der Waals surface area contributed by atoms with Crippen LogP contribution in [0.15, 0.2) is 6.07 Å². The van der Waals surface area contributed by atoms with E-state index in [2.05, 4.69) is 0 Å².